The largest absolute Gasteiger partial charge is 0.434 e. The number of ether oxygens (including phenoxy) is 1. The summed E-state index contributed by atoms with van der Waals surface area (Å²) in [5.41, 5.74) is 0.0165. The van der Waals surface area contributed by atoms with Gasteiger partial charge in [0.25, 0.3) is 0 Å². The van der Waals surface area contributed by atoms with Crippen LogP contribution in [0.2, 0.25) is 0 Å². The number of benzene rings is 1. The number of rotatable bonds is 4. The van der Waals surface area contributed by atoms with E-state index in [4.69, 9.17) is 16.9 Å². The van der Waals surface area contributed by atoms with E-state index in [-0.39, 0.29) is 16.9 Å². The number of halogens is 3. The molecule has 0 N–H and O–H groups in total. The number of carbonyl (C=O) groups is 1. The highest BCUT2D eigenvalue weighted by Crippen LogP contribution is 2.34. The van der Waals surface area contributed by atoms with Crippen LogP contribution in [0.5, 0.6) is 5.75 Å². The maximum atomic E-state index is 12.2. The van der Waals surface area contributed by atoms with Crippen LogP contribution in [0.3, 0.4) is 0 Å². The molecule has 0 fully saturated rings. The number of ketones is 1. The van der Waals surface area contributed by atoms with Gasteiger partial charge >= 0.3 is 6.61 Å². The van der Waals surface area contributed by atoms with Crippen molar-refractivity contribution in [3.63, 3.8) is 0 Å². The molecular formula is C11H8ClF2NO2. The number of hydrogen-bond donors (Lipinski definition) is 0. The molecule has 0 radical (unpaired) electrons. The topological polar surface area (TPSA) is 50.1 Å². The van der Waals surface area contributed by atoms with Crippen molar-refractivity contribution in [1.29, 1.82) is 5.26 Å². The molecule has 17 heavy (non-hydrogen) atoms. The smallest absolute Gasteiger partial charge is 0.387 e. The molecule has 1 aromatic rings. The Kier molecular flexibility index (Phi) is 4.41. The average molecular weight is 260 g/mol. The molecule has 0 heterocycles. The highest BCUT2D eigenvalue weighted by molar-refractivity contribution is 6.31. The molecule has 0 aliphatic rings. The summed E-state index contributed by atoms with van der Waals surface area (Å²) >= 11 is 5.79. The van der Waals surface area contributed by atoms with Gasteiger partial charge < -0.3 is 4.74 Å². The van der Waals surface area contributed by atoms with Crippen LogP contribution in [0.1, 0.15) is 23.4 Å². The zero-order valence-electron chi connectivity index (χ0n) is 8.78. The summed E-state index contributed by atoms with van der Waals surface area (Å²) in [6.45, 7) is -1.84. The third kappa shape index (κ3) is 3.14. The van der Waals surface area contributed by atoms with Crippen LogP contribution >= 0.6 is 11.6 Å². The molecule has 0 spiro atoms. The molecule has 1 unspecified atom stereocenters. The van der Waals surface area contributed by atoms with Crippen LogP contribution in [-0.2, 0) is 4.79 Å². The highest BCUT2D eigenvalue weighted by atomic mass is 35.5. The Balaban J connectivity index is 3.31. The second-order valence-electron chi connectivity index (χ2n) is 3.18. The molecule has 1 atom stereocenters. The Morgan fingerprint density at radius 1 is 1.53 bits per heavy atom. The van der Waals surface area contributed by atoms with Crippen molar-refractivity contribution in [2.24, 2.45) is 0 Å². The van der Waals surface area contributed by atoms with Crippen molar-refractivity contribution in [3.05, 3.63) is 29.3 Å². The zero-order valence-corrected chi connectivity index (χ0v) is 9.54. The first kappa shape index (κ1) is 13.4. The number of nitriles is 1. The van der Waals surface area contributed by atoms with Crippen LogP contribution in [0.15, 0.2) is 18.2 Å². The van der Waals surface area contributed by atoms with E-state index in [0.29, 0.717) is 0 Å². The van der Waals surface area contributed by atoms with Crippen molar-refractivity contribution in [2.75, 3.05) is 0 Å². The van der Waals surface area contributed by atoms with Gasteiger partial charge in [-0.15, -0.1) is 11.6 Å². The van der Waals surface area contributed by atoms with Crippen LogP contribution in [0.25, 0.3) is 0 Å². The summed E-state index contributed by atoms with van der Waals surface area (Å²) in [7, 11) is 0. The first-order valence-electron chi connectivity index (χ1n) is 4.59. The first-order chi connectivity index (χ1) is 7.97. The van der Waals surface area contributed by atoms with Gasteiger partial charge in [0.2, 0.25) is 0 Å². The number of hydrogen-bond acceptors (Lipinski definition) is 3. The lowest BCUT2D eigenvalue weighted by Crippen LogP contribution is -2.10. The second kappa shape index (κ2) is 5.60. The fourth-order valence-electron chi connectivity index (χ4n) is 1.30. The van der Waals surface area contributed by atoms with Crippen LogP contribution in [0.4, 0.5) is 8.78 Å². The normalized spacial score (nSPS) is 12.0. The molecule has 0 aromatic heterocycles. The van der Waals surface area contributed by atoms with E-state index in [2.05, 4.69) is 4.74 Å². The van der Waals surface area contributed by atoms with Crippen molar-refractivity contribution in [2.45, 2.75) is 18.9 Å². The fourth-order valence-corrected chi connectivity index (χ4v) is 1.53. The van der Waals surface area contributed by atoms with Crippen LogP contribution in [-0.4, -0.2) is 12.4 Å². The minimum atomic E-state index is -3.04. The van der Waals surface area contributed by atoms with Gasteiger partial charge in [-0.1, -0.05) is 6.07 Å². The Labute approximate surface area is 102 Å². The predicted molar refractivity (Wildman–Crippen MR) is 57.1 cm³/mol. The zero-order chi connectivity index (χ0) is 13.0. The Morgan fingerprint density at radius 2 is 2.18 bits per heavy atom. The van der Waals surface area contributed by atoms with Crippen LogP contribution < -0.4 is 4.74 Å². The van der Waals surface area contributed by atoms with Crippen molar-refractivity contribution < 1.29 is 18.3 Å². The maximum absolute atomic E-state index is 12.2. The van der Waals surface area contributed by atoms with Gasteiger partial charge in [-0.3, -0.25) is 4.79 Å². The van der Waals surface area contributed by atoms with Gasteiger partial charge in [-0.05, 0) is 19.1 Å². The summed E-state index contributed by atoms with van der Waals surface area (Å²) in [5, 5.41) is 7.66. The molecule has 1 rings (SSSR count). The highest BCUT2D eigenvalue weighted by Gasteiger charge is 2.23. The molecule has 0 aliphatic carbocycles. The molecule has 0 aliphatic heterocycles. The summed E-state index contributed by atoms with van der Waals surface area (Å²) in [6.07, 6.45) is 0. The Hall–Kier alpha value is -1.67. The van der Waals surface area contributed by atoms with E-state index < -0.39 is 17.8 Å². The van der Waals surface area contributed by atoms with Gasteiger partial charge in [-0.2, -0.15) is 14.0 Å². The van der Waals surface area contributed by atoms with E-state index in [9.17, 15) is 13.6 Å². The van der Waals surface area contributed by atoms with E-state index >= 15 is 0 Å². The summed E-state index contributed by atoms with van der Waals surface area (Å²) in [4.78, 5) is 11.2. The fraction of sp³-hybridized carbons (Fsp3) is 0.273. The second-order valence-corrected chi connectivity index (χ2v) is 3.62. The van der Waals surface area contributed by atoms with E-state index in [1.807, 2.05) is 0 Å². The van der Waals surface area contributed by atoms with Gasteiger partial charge in [-0.25, -0.2) is 0 Å². The Morgan fingerprint density at radius 3 is 2.65 bits per heavy atom. The van der Waals surface area contributed by atoms with Gasteiger partial charge in [0.15, 0.2) is 5.78 Å². The van der Waals surface area contributed by atoms with Crippen molar-refractivity contribution >= 4 is 17.4 Å². The molecule has 3 nitrogen and oxygen atoms in total. The summed E-state index contributed by atoms with van der Waals surface area (Å²) in [6, 6.07) is 5.78. The lowest BCUT2D eigenvalue weighted by molar-refractivity contribution is -0.116. The monoisotopic (exact) mass is 259 g/mol. The lowest BCUT2D eigenvalue weighted by atomic mass is 10.0. The molecule has 0 saturated carbocycles. The standard InChI is InChI=1S/C11H8ClF2NO2/c1-6(16)10(12)9-7(5-15)3-2-4-8(9)17-11(13)14/h2-4,10-11H,1H3. The first-order valence-corrected chi connectivity index (χ1v) is 5.03. The summed E-state index contributed by atoms with van der Waals surface area (Å²) < 4.78 is 28.6. The minimum absolute atomic E-state index is 0.0236. The summed E-state index contributed by atoms with van der Waals surface area (Å²) in [5.74, 6) is -0.706. The molecule has 90 valence electrons. The molecule has 1 aromatic carbocycles. The molecule has 0 bridgehead atoms. The SMILES string of the molecule is CC(=O)C(Cl)c1c(C#N)cccc1OC(F)F. The van der Waals surface area contributed by atoms with Crippen LogP contribution in [0, 0.1) is 11.3 Å². The molecule has 6 heteroatoms. The number of nitrogens with zero attached hydrogens (tertiary/aromatic N) is 1. The number of Topliss-reactive ketones (excluding diaryl/α,β-unsaturated/α-hetero) is 1. The average Bonchev–Trinajstić information content (AvgIpc) is 2.26. The van der Waals surface area contributed by atoms with E-state index in [0.717, 1.165) is 0 Å². The van der Waals surface area contributed by atoms with Crippen molar-refractivity contribution in [3.8, 4) is 11.8 Å². The minimum Gasteiger partial charge on any atom is -0.434 e. The predicted octanol–water partition coefficient (Wildman–Crippen LogP) is 3.03. The van der Waals surface area contributed by atoms with E-state index in [1.165, 1.54) is 25.1 Å². The van der Waals surface area contributed by atoms with Gasteiger partial charge in [0.05, 0.1) is 11.6 Å². The number of carbonyl (C=O) groups excluding carboxylic acids is 1. The number of alkyl halides is 3. The van der Waals surface area contributed by atoms with Gasteiger partial charge in [0, 0.05) is 5.56 Å². The maximum Gasteiger partial charge on any atom is 0.387 e. The molecule has 0 amide bonds. The third-order valence-electron chi connectivity index (χ3n) is 2.01. The molecule has 0 saturated heterocycles. The molecular weight excluding hydrogens is 252 g/mol. The quantitative estimate of drug-likeness (QED) is 0.781. The third-order valence-corrected chi connectivity index (χ3v) is 2.54. The van der Waals surface area contributed by atoms with Crippen molar-refractivity contribution in [1.82, 2.24) is 0 Å². The van der Waals surface area contributed by atoms with E-state index in [1.54, 1.807) is 6.07 Å². The Bertz CT molecular complexity index is 471. The lowest BCUT2D eigenvalue weighted by Gasteiger charge is -2.14. The van der Waals surface area contributed by atoms with Gasteiger partial charge in [0.1, 0.15) is 11.1 Å².